The minimum absolute atomic E-state index is 0.778. The predicted molar refractivity (Wildman–Crippen MR) is 60.5 cm³/mol. The van der Waals surface area contributed by atoms with Gasteiger partial charge in [-0.25, -0.2) is 0 Å². The second-order valence-electron chi connectivity index (χ2n) is 4.47. The van der Waals surface area contributed by atoms with Crippen LogP contribution in [0.5, 0.6) is 0 Å². The van der Waals surface area contributed by atoms with E-state index in [4.69, 9.17) is 4.74 Å². The highest BCUT2D eigenvalue weighted by atomic mass is 16.5. The maximum atomic E-state index is 5.30. The molecule has 1 rings (SSSR count). The van der Waals surface area contributed by atoms with Crippen LogP contribution in [0.1, 0.15) is 46.0 Å². The van der Waals surface area contributed by atoms with Gasteiger partial charge in [-0.2, -0.15) is 0 Å². The quantitative estimate of drug-likeness (QED) is 0.664. The molecule has 1 saturated carbocycles. The molecule has 1 N–H and O–H groups in total. The van der Waals surface area contributed by atoms with Crippen LogP contribution in [0, 0.1) is 5.92 Å². The Morgan fingerprint density at radius 2 is 2.21 bits per heavy atom. The van der Waals surface area contributed by atoms with Crippen molar-refractivity contribution >= 4 is 0 Å². The Morgan fingerprint density at radius 3 is 2.93 bits per heavy atom. The van der Waals surface area contributed by atoms with Crippen molar-refractivity contribution in [3.05, 3.63) is 0 Å². The van der Waals surface area contributed by atoms with E-state index < -0.39 is 0 Å². The summed E-state index contributed by atoms with van der Waals surface area (Å²) in [4.78, 5) is 0. The molecule has 84 valence electrons. The third-order valence-corrected chi connectivity index (χ3v) is 3.04. The summed E-state index contributed by atoms with van der Waals surface area (Å²) < 4.78 is 5.30. The third-order valence-electron chi connectivity index (χ3n) is 3.04. The molecule has 0 aromatic rings. The molecule has 0 radical (unpaired) electrons. The second-order valence-corrected chi connectivity index (χ2v) is 4.47. The Hall–Kier alpha value is -0.0800. The molecular formula is C12H25NO. The zero-order valence-electron chi connectivity index (χ0n) is 9.72. The van der Waals surface area contributed by atoms with Gasteiger partial charge in [0.15, 0.2) is 0 Å². The van der Waals surface area contributed by atoms with Crippen LogP contribution in [0.15, 0.2) is 0 Å². The average molecular weight is 199 g/mol. The largest absolute Gasteiger partial charge is 0.382 e. The minimum atomic E-state index is 0.778. The van der Waals surface area contributed by atoms with Gasteiger partial charge in [0.2, 0.25) is 0 Å². The smallest absolute Gasteiger partial charge is 0.0477 e. The molecule has 14 heavy (non-hydrogen) atoms. The van der Waals surface area contributed by atoms with Crippen molar-refractivity contribution < 1.29 is 4.74 Å². The van der Waals surface area contributed by atoms with Crippen LogP contribution >= 0.6 is 0 Å². The fraction of sp³-hybridized carbons (Fsp3) is 1.00. The number of rotatable bonds is 6. The third kappa shape index (κ3) is 4.97. The first-order chi connectivity index (χ1) is 6.83. The van der Waals surface area contributed by atoms with Gasteiger partial charge < -0.3 is 10.1 Å². The summed E-state index contributed by atoms with van der Waals surface area (Å²) in [7, 11) is 0. The van der Waals surface area contributed by atoms with E-state index in [1.807, 2.05) is 0 Å². The first-order valence-corrected chi connectivity index (χ1v) is 6.14. The van der Waals surface area contributed by atoms with E-state index >= 15 is 0 Å². The number of hydrogen-bond acceptors (Lipinski definition) is 2. The monoisotopic (exact) mass is 199 g/mol. The number of ether oxygens (including phenoxy) is 1. The van der Waals surface area contributed by atoms with Crippen LogP contribution in [0.4, 0.5) is 0 Å². The van der Waals surface area contributed by atoms with Crippen molar-refractivity contribution in [1.82, 2.24) is 5.32 Å². The van der Waals surface area contributed by atoms with Crippen LogP contribution in [-0.2, 0) is 4.74 Å². The van der Waals surface area contributed by atoms with Gasteiger partial charge in [0.1, 0.15) is 0 Å². The lowest BCUT2D eigenvalue weighted by atomic mass is 9.87. The number of hydrogen-bond donors (Lipinski definition) is 1. The topological polar surface area (TPSA) is 21.3 Å². The summed E-state index contributed by atoms with van der Waals surface area (Å²) in [5, 5.41) is 3.63. The van der Waals surface area contributed by atoms with Crippen LogP contribution in [0.25, 0.3) is 0 Å². The molecule has 1 aliphatic rings. The van der Waals surface area contributed by atoms with Crippen LogP contribution in [0.2, 0.25) is 0 Å². The molecule has 0 aromatic carbocycles. The Balaban J connectivity index is 1.95. The molecule has 0 amide bonds. The minimum Gasteiger partial charge on any atom is -0.382 e. The van der Waals surface area contributed by atoms with E-state index in [9.17, 15) is 0 Å². The van der Waals surface area contributed by atoms with Crippen molar-refractivity contribution in [3.63, 3.8) is 0 Å². The van der Waals surface area contributed by atoms with Crippen molar-refractivity contribution in [2.24, 2.45) is 5.92 Å². The molecule has 0 aliphatic heterocycles. The molecule has 0 unspecified atom stereocenters. The molecule has 0 spiro atoms. The lowest BCUT2D eigenvalue weighted by molar-refractivity contribution is 0.143. The molecule has 1 fully saturated rings. The van der Waals surface area contributed by atoms with Gasteiger partial charge in [0.05, 0.1) is 0 Å². The normalized spacial score (nSPS) is 27.9. The summed E-state index contributed by atoms with van der Waals surface area (Å²) in [5.41, 5.74) is 0. The van der Waals surface area contributed by atoms with Gasteiger partial charge in [0.25, 0.3) is 0 Å². The molecular weight excluding hydrogens is 174 g/mol. The zero-order valence-corrected chi connectivity index (χ0v) is 9.72. The Bertz CT molecular complexity index is 138. The Morgan fingerprint density at radius 1 is 1.36 bits per heavy atom. The van der Waals surface area contributed by atoms with Crippen LogP contribution in [-0.4, -0.2) is 25.8 Å². The zero-order chi connectivity index (χ0) is 10.2. The highest BCUT2D eigenvalue weighted by Gasteiger charge is 2.17. The molecule has 0 bridgehead atoms. The maximum Gasteiger partial charge on any atom is 0.0477 e. The fourth-order valence-electron chi connectivity index (χ4n) is 2.24. The van der Waals surface area contributed by atoms with Crippen LogP contribution < -0.4 is 5.32 Å². The first kappa shape index (κ1) is 12.0. The van der Waals surface area contributed by atoms with Crippen LogP contribution in [0.3, 0.4) is 0 Å². The highest BCUT2D eigenvalue weighted by molar-refractivity contribution is 4.75. The van der Waals surface area contributed by atoms with Gasteiger partial charge in [-0.15, -0.1) is 0 Å². The Kier molecular flexibility index (Phi) is 6.20. The molecule has 0 saturated heterocycles. The summed E-state index contributed by atoms with van der Waals surface area (Å²) >= 11 is 0. The lowest BCUT2D eigenvalue weighted by Crippen LogP contribution is -2.34. The standard InChI is InChI=1S/C12H25NO/c1-3-14-9-5-8-13-12-7-4-6-11(2)10-12/h11-13H,3-10H2,1-2H3/t11-,12+/m0/s1. The lowest BCUT2D eigenvalue weighted by Gasteiger charge is -2.27. The van der Waals surface area contributed by atoms with Crippen molar-refractivity contribution in [2.45, 2.75) is 52.0 Å². The molecule has 2 atom stereocenters. The van der Waals surface area contributed by atoms with Gasteiger partial charge in [-0.05, 0) is 38.6 Å². The molecule has 0 aromatic heterocycles. The molecule has 2 heteroatoms. The van der Waals surface area contributed by atoms with Gasteiger partial charge in [0, 0.05) is 19.3 Å². The number of nitrogens with one attached hydrogen (secondary N) is 1. The van der Waals surface area contributed by atoms with E-state index in [2.05, 4.69) is 19.2 Å². The summed E-state index contributed by atoms with van der Waals surface area (Å²) in [5.74, 6) is 0.924. The second kappa shape index (κ2) is 7.24. The SMILES string of the molecule is CCOCCCN[C@@H]1CCC[C@H](C)C1. The van der Waals surface area contributed by atoms with Gasteiger partial charge in [-0.1, -0.05) is 19.8 Å². The van der Waals surface area contributed by atoms with E-state index in [1.54, 1.807) is 0 Å². The summed E-state index contributed by atoms with van der Waals surface area (Å²) in [6.45, 7) is 7.30. The molecule has 1 aliphatic carbocycles. The first-order valence-electron chi connectivity index (χ1n) is 6.14. The van der Waals surface area contributed by atoms with E-state index in [1.165, 1.54) is 25.7 Å². The summed E-state index contributed by atoms with van der Waals surface area (Å²) in [6, 6.07) is 0.778. The van der Waals surface area contributed by atoms with E-state index in [0.717, 1.165) is 38.1 Å². The maximum absolute atomic E-state index is 5.30. The summed E-state index contributed by atoms with van der Waals surface area (Å²) in [6.07, 6.45) is 6.73. The van der Waals surface area contributed by atoms with Gasteiger partial charge in [-0.3, -0.25) is 0 Å². The average Bonchev–Trinajstić information content (AvgIpc) is 2.18. The molecule has 2 nitrogen and oxygen atoms in total. The Labute approximate surface area is 88.4 Å². The van der Waals surface area contributed by atoms with Crippen molar-refractivity contribution in [3.8, 4) is 0 Å². The highest BCUT2D eigenvalue weighted by Crippen LogP contribution is 2.23. The predicted octanol–water partition coefficient (Wildman–Crippen LogP) is 2.58. The van der Waals surface area contributed by atoms with Crippen molar-refractivity contribution in [1.29, 1.82) is 0 Å². The fourth-order valence-corrected chi connectivity index (χ4v) is 2.24. The molecule has 0 heterocycles. The van der Waals surface area contributed by atoms with Crippen molar-refractivity contribution in [2.75, 3.05) is 19.8 Å². The van der Waals surface area contributed by atoms with E-state index in [0.29, 0.717) is 0 Å². The van der Waals surface area contributed by atoms with Gasteiger partial charge >= 0.3 is 0 Å². The van der Waals surface area contributed by atoms with E-state index in [-0.39, 0.29) is 0 Å².